The van der Waals surface area contributed by atoms with Gasteiger partial charge in [0.2, 0.25) is 17.6 Å². The number of carbonyl (C=O) groups is 1. The molecular weight excluding hydrogens is 386 g/mol. The first kappa shape index (κ1) is 17.2. The smallest absolute Gasteiger partial charge is 0.227 e. The van der Waals surface area contributed by atoms with Crippen LogP contribution < -0.4 is 10.1 Å². The van der Waals surface area contributed by atoms with Gasteiger partial charge >= 0.3 is 0 Å². The van der Waals surface area contributed by atoms with Gasteiger partial charge in [-0.3, -0.25) is 4.79 Å². The van der Waals surface area contributed by atoms with Gasteiger partial charge in [-0.05, 0) is 36.4 Å². The van der Waals surface area contributed by atoms with Crippen molar-refractivity contribution in [2.45, 2.75) is 12.8 Å². The van der Waals surface area contributed by atoms with Gasteiger partial charge in [-0.1, -0.05) is 27.2 Å². The molecule has 0 spiro atoms. The lowest BCUT2D eigenvalue weighted by Gasteiger charge is -2.06. The molecule has 1 N–H and O–H groups in total. The van der Waals surface area contributed by atoms with Crippen molar-refractivity contribution in [1.82, 2.24) is 10.1 Å². The number of carbonyl (C=O) groups excluding carboxylic acids is 1. The van der Waals surface area contributed by atoms with Crippen molar-refractivity contribution < 1.29 is 14.1 Å². The van der Waals surface area contributed by atoms with E-state index in [0.717, 1.165) is 10.0 Å². The second kappa shape index (κ2) is 7.94. The van der Waals surface area contributed by atoms with E-state index in [0.29, 0.717) is 29.6 Å². The number of ether oxygens (including phenoxy) is 1. The molecule has 0 unspecified atom stereocenters. The van der Waals surface area contributed by atoms with Gasteiger partial charge in [0.1, 0.15) is 5.75 Å². The maximum absolute atomic E-state index is 12.1. The predicted molar refractivity (Wildman–Crippen MR) is 97.4 cm³/mol. The lowest BCUT2D eigenvalue weighted by atomic mass is 10.2. The first-order valence-corrected chi connectivity index (χ1v) is 8.46. The quantitative estimate of drug-likeness (QED) is 0.673. The van der Waals surface area contributed by atoms with E-state index in [4.69, 9.17) is 9.26 Å². The lowest BCUT2D eigenvalue weighted by molar-refractivity contribution is -0.116. The summed E-state index contributed by atoms with van der Waals surface area (Å²) in [5.74, 6) is 1.50. The predicted octanol–water partition coefficient (Wildman–Crippen LogP) is 4.08. The standard InChI is InChI=1S/C18H16BrN3O3/c1-24-15-4-2-3-14(11-15)20-16(23)9-10-17-21-18(22-25-17)12-5-7-13(19)8-6-12/h2-8,11H,9-10H2,1H3,(H,20,23). The molecule has 1 amide bonds. The second-order valence-corrected chi connectivity index (χ2v) is 6.21. The minimum atomic E-state index is -0.128. The Bertz CT molecular complexity index is 862. The van der Waals surface area contributed by atoms with E-state index in [2.05, 4.69) is 31.4 Å². The molecule has 0 aliphatic carbocycles. The second-order valence-electron chi connectivity index (χ2n) is 5.30. The van der Waals surface area contributed by atoms with Gasteiger partial charge < -0.3 is 14.6 Å². The van der Waals surface area contributed by atoms with Crippen molar-refractivity contribution >= 4 is 27.5 Å². The average molecular weight is 402 g/mol. The van der Waals surface area contributed by atoms with Gasteiger partial charge in [0.25, 0.3) is 0 Å². The number of hydrogen-bond acceptors (Lipinski definition) is 5. The molecule has 0 saturated carbocycles. The Balaban J connectivity index is 1.56. The normalized spacial score (nSPS) is 10.5. The minimum absolute atomic E-state index is 0.128. The molecule has 25 heavy (non-hydrogen) atoms. The van der Waals surface area contributed by atoms with E-state index in [1.165, 1.54) is 0 Å². The van der Waals surface area contributed by atoms with Gasteiger partial charge in [-0.25, -0.2) is 0 Å². The largest absolute Gasteiger partial charge is 0.497 e. The summed E-state index contributed by atoms with van der Waals surface area (Å²) in [5, 5.41) is 6.77. The van der Waals surface area contributed by atoms with Crippen LogP contribution in [0.2, 0.25) is 0 Å². The molecule has 128 valence electrons. The van der Waals surface area contributed by atoms with E-state index in [1.807, 2.05) is 36.4 Å². The Morgan fingerprint density at radius 1 is 1.24 bits per heavy atom. The SMILES string of the molecule is COc1cccc(NC(=O)CCc2nc(-c3ccc(Br)cc3)no2)c1. The lowest BCUT2D eigenvalue weighted by Crippen LogP contribution is -2.12. The average Bonchev–Trinajstić information content (AvgIpc) is 3.10. The zero-order chi connectivity index (χ0) is 17.6. The number of aromatic nitrogens is 2. The molecule has 1 heterocycles. The fourth-order valence-electron chi connectivity index (χ4n) is 2.22. The number of anilines is 1. The highest BCUT2D eigenvalue weighted by atomic mass is 79.9. The van der Waals surface area contributed by atoms with Crippen LogP contribution in [0.3, 0.4) is 0 Å². The van der Waals surface area contributed by atoms with Gasteiger partial charge in [-0.2, -0.15) is 4.98 Å². The topological polar surface area (TPSA) is 77.2 Å². The molecule has 6 nitrogen and oxygen atoms in total. The van der Waals surface area contributed by atoms with Gasteiger partial charge in [-0.15, -0.1) is 0 Å². The molecule has 3 rings (SSSR count). The molecular formula is C18H16BrN3O3. The van der Waals surface area contributed by atoms with E-state index in [9.17, 15) is 4.79 Å². The third-order valence-electron chi connectivity index (χ3n) is 3.49. The number of halogens is 1. The van der Waals surface area contributed by atoms with E-state index in [-0.39, 0.29) is 12.3 Å². The van der Waals surface area contributed by atoms with Crippen molar-refractivity contribution in [3.8, 4) is 17.1 Å². The Morgan fingerprint density at radius 3 is 2.80 bits per heavy atom. The Hall–Kier alpha value is -2.67. The highest BCUT2D eigenvalue weighted by Gasteiger charge is 2.11. The molecule has 1 aromatic heterocycles. The van der Waals surface area contributed by atoms with Gasteiger partial charge in [0, 0.05) is 34.6 Å². The van der Waals surface area contributed by atoms with Gasteiger partial charge in [0.15, 0.2) is 0 Å². The summed E-state index contributed by atoms with van der Waals surface area (Å²) < 4.78 is 11.3. The number of aryl methyl sites for hydroxylation is 1. The zero-order valence-electron chi connectivity index (χ0n) is 13.5. The van der Waals surface area contributed by atoms with Crippen LogP contribution in [0.15, 0.2) is 57.5 Å². The Labute approximate surface area is 153 Å². The monoisotopic (exact) mass is 401 g/mol. The first-order valence-electron chi connectivity index (χ1n) is 7.66. The van der Waals surface area contributed by atoms with Crippen LogP contribution in [0.25, 0.3) is 11.4 Å². The van der Waals surface area contributed by atoms with Gasteiger partial charge in [0.05, 0.1) is 7.11 Å². The number of nitrogens with zero attached hydrogens (tertiary/aromatic N) is 2. The van der Waals surface area contributed by atoms with Crippen LogP contribution in [0.4, 0.5) is 5.69 Å². The van der Waals surface area contributed by atoms with Crippen molar-refractivity contribution in [3.05, 3.63) is 58.9 Å². The molecule has 0 bridgehead atoms. The first-order chi connectivity index (χ1) is 12.1. The van der Waals surface area contributed by atoms with Crippen molar-refractivity contribution in [3.63, 3.8) is 0 Å². The van der Waals surface area contributed by atoms with Crippen molar-refractivity contribution in [2.24, 2.45) is 0 Å². The summed E-state index contributed by atoms with van der Waals surface area (Å²) >= 11 is 3.38. The van der Waals surface area contributed by atoms with E-state index < -0.39 is 0 Å². The highest BCUT2D eigenvalue weighted by molar-refractivity contribution is 9.10. The molecule has 0 atom stereocenters. The number of methoxy groups -OCH3 is 1. The molecule has 7 heteroatoms. The number of nitrogens with one attached hydrogen (secondary N) is 1. The maximum Gasteiger partial charge on any atom is 0.227 e. The van der Waals surface area contributed by atoms with Crippen LogP contribution in [-0.4, -0.2) is 23.2 Å². The number of hydrogen-bond donors (Lipinski definition) is 1. The summed E-state index contributed by atoms with van der Waals surface area (Å²) in [4.78, 5) is 16.4. The summed E-state index contributed by atoms with van der Waals surface area (Å²) in [6.45, 7) is 0. The summed E-state index contributed by atoms with van der Waals surface area (Å²) in [6, 6.07) is 14.8. The molecule has 0 aliphatic rings. The maximum atomic E-state index is 12.1. The molecule has 2 aromatic carbocycles. The summed E-state index contributed by atoms with van der Waals surface area (Å²) in [6.07, 6.45) is 0.624. The number of benzene rings is 2. The third-order valence-corrected chi connectivity index (χ3v) is 4.02. The zero-order valence-corrected chi connectivity index (χ0v) is 15.1. The van der Waals surface area contributed by atoms with E-state index >= 15 is 0 Å². The summed E-state index contributed by atoms with van der Waals surface area (Å²) in [7, 11) is 1.58. The fourth-order valence-corrected chi connectivity index (χ4v) is 2.48. The molecule has 3 aromatic rings. The Morgan fingerprint density at radius 2 is 2.04 bits per heavy atom. The third kappa shape index (κ3) is 4.67. The number of rotatable bonds is 6. The fraction of sp³-hybridized carbons (Fsp3) is 0.167. The molecule has 0 fully saturated rings. The number of amides is 1. The van der Waals surface area contributed by atoms with Crippen LogP contribution in [0, 0.1) is 0 Å². The minimum Gasteiger partial charge on any atom is -0.497 e. The molecule has 0 saturated heterocycles. The van der Waals surface area contributed by atoms with Crippen molar-refractivity contribution in [1.29, 1.82) is 0 Å². The Kier molecular flexibility index (Phi) is 5.45. The molecule has 0 radical (unpaired) electrons. The molecule has 0 aliphatic heterocycles. The van der Waals surface area contributed by atoms with Crippen molar-refractivity contribution in [2.75, 3.05) is 12.4 Å². The van der Waals surface area contributed by atoms with Crippen LogP contribution in [0.5, 0.6) is 5.75 Å². The van der Waals surface area contributed by atoms with E-state index in [1.54, 1.807) is 19.2 Å². The van der Waals surface area contributed by atoms with Crippen LogP contribution in [0.1, 0.15) is 12.3 Å². The highest BCUT2D eigenvalue weighted by Crippen LogP contribution is 2.20. The summed E-state index contributed by atoms with van der Waals surface area (Å²) in [5.41, 5.74) is 1.55. The van der Waals surface area contributed by atoms with Crippen LogP contribution in [-0.2, 0) is 11.2 Å². The van der Waals surface area contributed by atoms with Crippen LogP contribution >= 0.6 is 15.9 Å².